The second kappa shape index (κ2) is 3.59. The van der Waals surface area contributed by atoms with Crippen molar-refractivity contribution in [1.82, 2.24) is 4.98 Å². The van der Waals surface area contributed by atoms with Crippen molar-refractivity contribution in [2.24, 2.45) is 5.73 Å². The summed E-state index contributed by atoms with van der Waals surface area (Å²) in [4.78, 5) is 4.48. The Morgan fingerprint density at radius 3 is 2.93 bits per heavy atom. The molecule has 2 heterocycles. The second-order valence-electron chi connectivity index (χ2n) is 4.09. The van der Waals surface area contributed by atoms with E-state index >= 15 is 0 Å². The van der Waals surface area contributed by atoms with Crippen molar-refractivity contribution >= 4 is 11.8 Å². The summed E-state index contributed by atoms with van der Waals surface area (Å²) < 4.78 is 5.70. The standard InChI is InChI=1S/C10H16N2OS/c1-7-8(5-11)13-9(12-7)10(2)3-4-14-6-10/h3-6,11H2,1-2H3. The van der Waals surface area contributed by atoms with E-state index in [0.29, 0.717) is 6.54 Å². The maximum absolute atomic E-state index is 5.70. The molecule has 0 spiro atoms. The van der Waals surface area contributed by atoms with E-state index in [1.54, 1.807) is 0 Å². The van der Waals surface area contributed by atoms with E-state index in [1.807, 2.05) is 18.7 Å². The minimum Gasteiger partial charge on any atom is -0.443 e. The van der Waals surface area contributed by atoms with Crippen molar-refractivity contribution < 1.29 is 4.42 Å². The molecule has 1 atom stereocenters. The lowest BCUT2D eigenvalue weighted by Crippen LogP contribution is -2.21. The van der Waals surface area contributed by atoms with Gasteiger partial charge in [-0.2, -0.15) is 11.8 Å². The molecule has 14 heavy (non-hydrogen) atoms. The number of rotatable bonds is 2. The van der Waals surface area contributed by atoms with Crippen molar-refractivity contribution in [2.45, 2.75) is 32.2 Å². The second-order valence-corrected chi connectivity index (χ2v) is 5.20. The highest BCUT2D eigenvalue weighted by Gasteiger charge is 2.36. The number of nitrogens with two attached hydrogens (primary N) is 1. The van der Waals surface area contributed by atoms with Crippen LogP contribution in [-0.2, 0) is 12.0 Å². The van der Waals surface area contributed by atoms with Gasteiger partial charge in [-0.25, -0.2) is 4.98 Å². The fourth-order valence-electron chi connectivity index (χ4n) is 1.71. The average molecular weight is 212 g/mol. The van der Waals surface area contributed by atoms with Gasteiger partial charge in [0.25, 0.3) is 0 Å². The molecule has 0 saturated carbocycles. The highest BCUT2D eigenvalue weighted by Crippen LogP contribution is 2.38. The molecule has 1 aromatic rings. The molecule has 3 nitrogen and oxygen atoms in total. The van der Waals surface area contributed by atoms with E-state index in [0.717, 1.165) is 29.5 Å². The Hall–Kier alpha value is -0.480. The maximum atomic E-state index is 5.70. The molecule has 2 N–H and O–H groups in total. The molecule has 4 heteroatoms. The van der Waals surface area contributed by atoms with Gasteiger partial charge in [0.05, 0.1) is 17.7 Å². The first-order valence-corrected chi connectivity index (χ1v) is 6.06. The zero-order chi connectivity index (χ0) is 10.2. The number of hydrogen-bond acceptors (Lipinski definition) is 4. The fourth-order valence-corrected chi connectivity index (χ4v) is 3.17. The van der Waals surface area contributed by atoms with Crippen LogP contribution in [0.1, 0.15) is 30.7 Å². The van der Waals surface area contributed by atoms with Gasteiger partial charge < -0.3 is 10.2 Å². The quantitative estimate of drug-likeness (QED) is 0.812. The molecule has 0 aliphatic carbocycles. The first-order chi connectivity index (χ1) is 6.65. The van der Waals surface area contributed by atoms with E-state index in [1.165, 1.54) is 5.75 Å². The number of oxazole rings is 1. The van der Waals surface area contributed by atoms with Gasteiger partial charge >= 0.3 is 0 Å². The van der Waals surface area contributed by atoms with Crippen LogP contribution in [0.2, 0.25) is 0 Å². The molecule has 1 saturated heterocycles. The maximum Gasteiger partial charge on any atom is 0.201 e. The van der Waals surface area contributed by atoms with Gasteiger partial charge in [-0.1, -0.05) is 6.92 Å². The third-order valence-corrected chi connectivity index (χ3v) is 4.15. The van der Waals surface area contributed by atoms with Crippen molar-refractivity contribution in [1.29, 1.82) is 0 Å². The van der Waals surface area contributed by atoms with Crippen LogP contribution in [-0.4, -0.2) is 16.5 Å². The minimum atomic E-state index is 0.128. The summed E-state index contributed by atoms with van der Waals surface area (Å²) in [7, 11) is 0. The van der Waals surface area contributed by atoms with Crippen LogP contribution in [0.5, 0.6) is 0 Å². The summed E-state index contributed by atoms with van der Waals surface area (Å²) >= 11 is 1.97. The largest absolute Gasteiger partial charge is 0.443 e. The van der Waals surface area contributed by atoms with Gasteiger partial charge in [-0.15, -0.1) is 0 Å². The third kappa shape index (κ3) is 1.57. The zero-order valence-corrected chi connectivity index (χ0v) is 9.49. The number of nitrogens with zero attached hydrogens (tertiary/aromatic N) is 1. The van der Waals surface area contributed by atoms with E-state index in [4.69, 9.17) is 10.2 Å². The summed E-state index contributed by atoms with van der Waals surface area (Å²) in [6, 6.07) is 0. The molecular formula is C10H16N2OS. The Balaban J connectivity index is 2.31. The SMILES string of the molecule is Cc1nc(C2(C)CCSC2)oc1CN. The van der Waals surface area contributed by atoms with Gasteiger partial charge in [-0.3, -0.25) is 0 Å². The fraction of sp³-hybridized carbons (Fsp3) is 0.700. The highest BCUT2D eigenvalue weighted by molar-refractivity contribution is 7.99. The Morgan fingerprint density at radius 2 is 2.43 bits per heavy atom. The Kier molecular flexibility index (Phi) is 2.58. The summed E-state index contributed by atoms with van der Waals surface area (Å²) in [6.45, 7) is 4.63. The van der Waals surface area contributed by atoms with Gasteiger partial charge in [-0.05, 0) is 19.1 Å². The predicted molar refractivity (Wildman–Crippen MR) is 58.4 cm³/mol. The van der Waals surface area contributed by atoms with Crippen LogP contribution in [0, 0.1) is 6.92 Å². The Morgan fingerprint density at radius 1 is 1.64 bits per heavy atom. The zero-order valence-electron chi connectivity index (χ0n) is 8.67. The van der Waals surface area contributed by atoms with Gasteiger partial charge in [0.2, 0.25) is 5.89 Å². The number of aryl methyl sites for hydroxylation is 1. The van der Waals surface area contributed by atoms with E-state index in [-0.39, 0.29) is 5.41 Å². The van der Waals surface area contributed by atoms with Crippen LogP contribution >= 0.6 is 11.8 Å². The van der Waals surface area contributed by atoms with Crippen LogP contribution in [0.3, 0.4) is 0 Å². The summed E-state index contributed by atoms with van der Waals surface area (Å²) in [6.07, 6.45) is 1.15. The summed E-state index contributed by atoms with van der Waals surface area (Å²) in [5, 5.41) is 0. The highest BCUT2D eigenvalue weighted by atomic mass is 32.2. The lowest BCUT2D eigenvalue weighted by atomic mass is 9.90. The molecule has 0 aromatic carbocycles. The molecule has 0 radical (unpaired) electrons. The Bertz CT molecular complexity index is 329. The van der Waals surface area contributed by atoms with Crippen molar-refractivity contribution in [2.75, 3.05) is 11.5 Å². The number of hydrogen-bond donors (Lipinski definition) is 1. The van der Waals surface area contributed by atoms with Gasteiger partial charge in [0, 0.05) is 5.75 Å². The first kappa shape index (κ1) is 10.1. The molecular weight excluding hydrogens is 196 g/mol. The molecule has 2 rings (SSSR count). The first-order valence-electron chi connectivity index (χ1n) is 4.90. The number of thioether (sulfide) groups is 1. The van der Waals surface area contributed by atoms with Gasteiger partial charge in [0.1, 0.15) is 5.76 Å². The van der Waals surface area contributed by atoms with E-state index < -0.39 is 0 Å². The van der Waals surface area contributed by atoms with Gasteiger partial charge in [0.15, 0.2) is 0 Å². The third-order valence-electron chi connectivity index (χ3n) is 2.81. The average Bonchev–Trinajstić information content (AvgIpc) is 2.73. The molecule has 1 aliphatic heterocycles. The van der Waals surface area contributed by atoms with Crippen molar-refractivity contribution in [3.8, 4) is 0 Å². The Labute approximate surface area is 88.5 Å². The van der Waals surface area contributed by atoms with Crippen LogP contribution in [0.25, 0.3) is 0 Å². The normalized spacial score (nSPS) is 27.1. The summed E-state index contributed by atoms with van der Waals surface area (Å²) in [5.74, 6) is 4.02. The lowest BCUT2D eigenvalue weighted by Gasteiger charge is -2.17. The molecule has 1 aliphatic rings. The van der Waals surface area contributed by atoms with Crippen molar-refractivity contribution in [3.63, 3.8) is 0 Å². The van der Waals surface area contributed by atoms with Crippen molar-refractivity contribution in [3.05, 3.63) is 17.3 Å². The monoisotopic (exact) mass is 212 g/mol. The van der Waals surface area contributed by atoms with Crippen LogP contribution < -0.4 is 5.73 Å². The number of aromatic nitrogens is 1. The molecule has 0 bridgehead atoms. The summed E-state index contributed by atoms with van der Waals surface area (Å²) in [5.41, 5.74) is 6.64. The van der Waals surface area contributed by atoms with E-state index in [9.17, 15) is 0 Å². The molecule has 1 unspecified atom stereocenters. The molecule has 1 fully saturated rings. The smallest absolute Gasteiger partial charge is 0.201 e. The molecule has 1 aromatic heterocycles. The molecule has 0 amide bonds. The van der Waals surface area contributed by atoms with Crippen LogP contribution in [0.15, 0.2) is 4.42 Å². The molecule has 78 valence electrons. The van der Waals surface area contributed by atoms with E-state index in [2.05, 4.69) is 11.9 Å². The lowest BCUT2D eigenvalue weighted by molar-refractivity contribution is 0.358. The minimum absolute atomic E-state index is 0.128. The van der Waals surface area contributed by atoms with Crippen LogP contribution in [0.4, 0.5) is 0 Å². The topological polar surface area (TPSA) is 52.0 Å². The predicted octanol–water partition coefficient (Wildman–Crippen LogP) is 1.84.